The van der Waals surface area contributed by atoms with Crippen LogP contribution in [0.15, 0.2) is 90.5 Å². The lowest BCUT2D eigenvalue weighted by Crippen LogP contribution is -2.24. The highest BCUT2D eigenvalue weighted by atomic mass is 16.5. The number of hydrogen-bond donors (Lipinski definition) is 0. The van der Waals surface area contributed by atoms with Gasteiger partial charge in [0.15, 0.2) is 0 Å². The van der Waals surface area contributed by atoms with Crippen LogP contribution < -0.4 is 14.4 Å². The number of carbonyl (C=O) groups is 1. The van der Waals surface area contributed by atoms with Gasteiger partial charge in [-0.1, -0.05) is 48.5 Å². The molecular weight excluding hydrogens is 374 g/mol. The van der Waals surface area contributed by atoms with Crippen LogP contribution >= 0.6 is 0 Å². The number of rotatable bonds is 6. The first-order valence-corrected chi connectivity index (χ1v) is 9.90. The second-order valence-electron chi connectivity index (χ2n) is 6.84. The monoisotopic (exact) mass is 397 g/mol. The van der Waals surface area contributed by atoms with Gasteiger partial charge in [0.2, 0.25) is 0 Å². The molecule has 4 heteroatoms. The molecule has 0 aromatic heterocycles. The van der Waals surface area contributed by atoms with Crippen LogP contribution in [0.4, 0.5) is 5.69 Å². The summed E-state index contributed by atoms with van der Waals surface area (Å²) in [5, 5.41) is 0. The highest BCUT2D eigenvalue weighted by Gasteiger charge is 2.30. The first-order valence-electron chi connectivity index (χ1n) is 9.90. The molecule has 0 bridgehead atoms. The van der Waals surface area contributed by atoms with Gasteiger partial charge >= 0.3 is 0 Å². The Labute approximate surface area is 176 Å². The zero-order valence-corrected chi connectivity index (χ0v) is 17.0. The van der Waals surface area contributed by atoms with E-state index in [1.807, 2.05) is 97.9 Å². The molecule has 1 aliphatic heterocycles. The standard InChI is InChI=1S/C26H23NO3/c1-3-30-23-14-12-19(13-15-23)16-21-17-25(20-8-5-4-6-9-20)27(26(21)28)22-10-7-11-24(18-22)29-2/h4-18H,3H2,1-2H3/b21-16+. The molecule has 1 aliphatic rings. The molecule has 1 heterocycles. The third kappa shape index (κ3) is 3.98. The fourth-order valence-electron chi connectivity index (χ4n) is 3.45. The van der Waals surface area contributed by atoms with E-state index in [4.69, 9.17) is 9.47 Å². The normalized spacial score (nSPS) is 14.7. The summed E-state index contributed by atoms with van der Waals surface area (Å²) in [5.41, 5.74) is 4.15. The van der Waals surface area contributed by atoms with Crippen LogP contribution in [0.1, 0.15) is 18.1 Å². The SMILES string of the molecule is CCOc1ccc(/C=C2\C=C(c3ccccc3)N(c3cccc(OC)c3)C2=O)cc1. The maximum Gasteiger partial charge on any atom is 0.262 e. The maximum absolute atomic E-state index is 13.4. The van der Waals surface area contributed by atoms with Crippen molar-refractivity contribution in [1.29, 1.82) is 0 Å². The molecule has 0 fully saturated rings. The Morgan fingerprint density at radius 3 is 2.37 bits per heavy atom. The second kappa shape index (κ2) is 8.70. The molecule has 4 nitrogen and oxygen atoms in total. The van der Waals surface area contributed by atoms with Gasteiger partial charge in [-0.15, -0.1) is 0 Å². The number of benzene rings is 3. The third-order valence-corrected chi connectivity index (χ3v) is 4.88. The van der Waals surface area contributed by atoms with Crippen LogP contribution in [0.3, 0.4) is 0 Å². The molecule has 150 valence electrons. The first-order chi connectivity index (χ1) is 14.7. The van der Waals surface area contributed by atoms with Gasteiger partial charge in [0.1, 0.15) is 11.5 Å². The van der Waals surface area contributed by atoms with E-state index in [1.54, 1.807) is 12.0 Å². The van der Waals surface area contributed by atoms with E-state index in [0.717, 1.165) is 28.3 Å². The summed E-state index contributed by atoms with van der Waals surface area (Å²) in [5.74, 6) is 1.45. The number of carbonyl (C=O) groups excluding carboxylic acids is 1. The van der Waals surface area contributed by atoms with Crippen molar-refractivity contribution in [2.45, 2.75) is 6.92 Å². The molecule has 0 spiro atoms. The predicted octanol–water partition coefficient (Wildman–Crippen LogP) is 5.57. The van der Waals surface area contributed by atoms with Crippen LogP contribution in [-0.2, 0) is 4.79 Å². The Balaban J connectivity index is 1.75. The first kappa shape index (κ1) is 19.5. The lowest BCUT2D eigenvalue weighted by atomic mass is 10.1. The van der Waals surface area contributed by atoms with Crippen molar-refractivity contribution >= 4 is 23.4 Å². The van der Waals surface area contributed by atoms with Crippen molar-refractivity contribution in [2.75, 3.05) is 18.6 Å². The number of methoxy groups -OCH3 is 1. The van der Waals surface area contributed by atoms with Gasteiger partial charge in [0.05, 0.1) is 25.1 Å². The summed E-state index contributed by atoms with van der Waals surface area (Å²) in [6.45, 7) is 2.58. The fourth-order valence-corrected chi connectivity index (χ4v) is 3.45. The Bertz CT molecular complexity index is 1100. The van der Waals surface area contributed by atoms with E-state index < -0.39 is 0 Å². The van der Waals surface area contributed by atoms with Gasteiger partial charge in [-0.05, 0) is 54.5 Å². The van der Waals surface area contributed by atoms with Crippen LogP contribution in [0, 0.1) is 0 Å². The minimum atomic E-state index is -0.0732. The van der Waals surface area contributed by atoms with Gasteiger partial charge < -0.3 is 9.47 Å². The van der Waals surface area contributed by atoms with Gasteiger partial charge in [-0.3, -0.25) is 9.69 Å². The van der Waals surface area contributed by atoms with E-state index in [2.05, 4.69) is 0 Å². The third-order valence-electron chi connectivity index (χ3n) is 4.88. The molecule has 30 heavy (non-hydrogen) atoms. The van der Waals surface area contributed by atoms with Crippen molar-refractivity contribution < 1.29 is 14.3 Å². The Hall–Kier alpha value is -3.79. The predicted molar refractivity (Wildman–Crippen MR) is 120 cm³/mol. The molecule has 0 saturated heterocycles. The summed E-state index contributed by atoms with van der Waals surface area (Å²) >= 11 is 0. The number of anilines is 1. The summed E-state index contributed by atoms with van der Waals surface area (Å²) < 4.78 is 10.9. The van der Waals surface area contributed by atoms with Crippen LogP contribution in [0.5, 0.6) is 11.5 Å². The number of hydrogen-bond acceptors (Lipinski definition) is 3. The molecule has 1 amide bonds. The van der Waals surface area contributed by atoms with Crippen LogP contribution in [0.25, 0.3) is 11.8 Å². The zero-order valence-electron chi connectivity index (χ0n) is 17.0. The lowest BCUT2D eigenvalue weighted by Gasteiger charge is -2.21. The average Bonchev–Trinajstić information content (AvgIpc) is 3.12. The summed E-state index contributed by atoms with van der Waals surface area (Å²) in [6, 6.07) is 25.2. The molecule has 0 atom stereocenters. The average molecular weight is 397 g/mol. The summed E-state index contributed by atoms with van der Waals surface area (Å²) in [7, 11) is 1.62. The minimum Gasteiger partial charge on any atom is -0.497 e. The lowest BCUT2D eigenvalue weighted by molar-refractivity contribution is -0.113. The Morgan fingerprint density at radius 2 is 1.67 bits per heavy atom. The maximum atomic E-state index is 13.4. The van der Waals surface area contributed by atoms with Crippen molar-refractivity contribution in [2.24, 2.45) is 0 Å². The number of nitrogens with zero attached hydrogens (tertiary/aromatic N) is 1. The Morgan fingerprint density at radius 1 is 0.900 bits per heavy atom. The number of amides is 1. The van der Waals surface area contributed by atoms with Crippen molar-refractivity contribution in [1.82, 2.24) is 0 Å². The molecule has 0 aliphatic carbocycles. The number of ether oxygens (including phenoxy) is 2. The van der Waals surface area contributed by atoms with Gasteiger partial charge in [-0.25, -0.2) is 0 Å². The summed E-state index contributed by atoms with van der Waals surface area (Å²) in [6.07, 6.45) is 3.84. The van der Waals surface area contributed by atoms with E-state index in [1.165, 1.54) is 0 Å². The molecular formula is C26H23NO3. The molecule has 0 saturated carbocycles. The van der Waals surface area contributed by atoms with Gasteiger partial charge in [0, 0.05) is 11.6 Å². The van der Waals surface area contributed by atoms with Crippen LogP contribution in [-0.4, -0.2) is 19.6 Å². The van der Waals surface area contributed by atoms with E-state index in [9.17, 15) is 4.79 Å². The van der Waals surface area contributed by atoms with Gasteiger partial charge in [0.25, 0.3) is 5.91 Å². The van der Waals surface area contributed by atoms with Crippen molar-refractivity contribution in [3.63, 3.8) is 0 Å². The zero-order chi connectivity index (χ0) is 20.9. The molecule has 0 radical (unpaired) electrons. The van der Waals surface area contributed by atoms with Gasteiger partial charge in [-0.2, -0.15) is 0 Å². The quantitative estimate of drug-likeness (QED) is 0.511. The molecule has 4 rings (SSSR count). The highest BCUT2D eigenvalue weighted by Crippen LogP contribution is 2.36. The molecule has 3 aromatic carbocycles. The van der Waals surface area contributed by atoms with Crippen molar-refractivity contribution in [3.8, 4) is 11.5 Å². The van der Waals surface area contributed by atoms with Crippen molar-refractivity contribution in [3.05, 3.63) is 102 Å². The minimum absolute atomic E-state index is 0.0732. The van der Waals surface area contributed by atoms with E-state index in [0.29, 0.717) is 17.9 Å². The highest BCUT2D eigenvalue weighted by molar-refractivity contribution is 6.23. The smallest absolute Gasteiger partial charge is 0.262 e. The second-order valence-corrected chi connectivity index (χ2v) is 6.84. The molecule has 0 N–H and O–H groups in total. The Kier molecular flexibility index (Phi) is 5.66. The summed E-state index contributed by atoms with van der Waals surface area (Å²) in [4.78, 5) is 15.1. The van der Waals surface area contributed by atoms with E-state index >= 15 is 0 Å². The van der Waals surface area contributed by atoms with E-state index in [-0.39, 0.29) is 5.91 Å². The topological polar surface area (TPSA) is 38.8 Å². The molecule has 0 unspecified atom stereocenters. The molecule has 3 aromatic rings. The van der Waals surface area contributed by atoms with Crippen LogP contribution in [0.2, 0.25) is 0 Å². The largest absolute Gasteiger partial charge is 0.497 e. The fraction of sp³-hybridized carbons (Fsp3) is 0.115.